The van der Waals surface area contributed by atoms with Gasteiger partial charge in [0.25, 0.3) is 5.91 Å². The van der Waals surface area contributed by atoms with Crippen LogP contribution in [-0.2, 0) is 0 Å². The summed E-state index contributed by atoms with van der Waals surface area (Å²) in [5.41, 5.74) is 4.29. The van der Waals surface area contributed by atoms with Gasteiger partial charge in [0.05, 0.1) is 35.9 Å². The number of nitriles is 1. The van der Waals surface area contributed by atoms with Gasteiger partial charge in [0.15, 0.2) is 5.65 Å². The molecule has 1 amide bonds. The van der Waals surface area contributed by atoms with E-state index in [-0.39, 0.29) is 5.69 Å². The fraction of sp³-hybridized carbons (Fsp3) is 0.208. The number of nitrogens with zero attached hydrogens (tertiary/aromatic N) is 5. The molecule has 0 aliphatic rings. The first kappa shape index (κ1) is 23.3. The second-order valence-electron chi connectivity index (χ2n) is 7.83. The van der Waals surface area contributed by atoms with Crippen LogP contribution in [-0.4, -0.2) is 54.5 Å². The summed E-state index contributed by atoms with van der Waals surface area (Å²) in [5, 5.41) is 35.8. The van der Waals surface area contributed by atoms with Crippen molar-refractivity contribution in [2.45, 2.75) is 26.0 Å². The van der Waals surface area contributed by atoms with Crippen molar-refractivity contribution in [1.29, 1.82) is 5.26 Å². The van der Waals surface area contributed by atoms with E-state index >= 15 is 0 Å². The maximum absolute atomic E-state index is 12.8. The number of hydrogen-bond donors (Lipinski definition) is 3. The van der Waals surface area contributed by atoms with Crippen molar-refractivity contribution in [3.05, 3.63) is 70.8 Å². The van der Waals surface area contributed by atoms with Crippen LogP contribution >= 0.6 is 11.6 Å². The molecule has 9 nitrogen and oxygen atoms in total. The molecule has 4 rings (SSSR count). The molecule has 0 spiro atoms. The van der Waals surface area contributed by atoms with Crippen molar-refractivity contribution in [3.8, 4) is 28.5 Å². The summed E-state index contributed by atoms with van der Waals surface area (Å²) in [4.78, 5) is 21.5. The van der Waals surface area contributed by atoms with Gasteiger partial charge in [0, 0.05) is 17.5 Å². The number of benzene rings is 1. The van der Waals surface area contributed by atoms with E-state index in [1.165, 1.54) is 6.07 Å². The molecule has 0 saturated carbocycles. The number of carbonyl (C=O) groups excluding carboxylic acids is 1. The first-order valence-electron chi connectivity index (χ1n) is 10.4. The standard InChI is InChI=1S/C24H21ClN6O3/c1-13-8-17(10-20(25)27-13)21-22(16-5-3-4-15(9-16)11-26)30-31-7-6-18(29-23(21)31)24(34)28-14(2)19(33)12-32/h3-10,14,19,32-33H,12H2,1-2H3,(H,28,34)/t14-,19-/m1/s1. The Hall–Kier alpha value is -3.84. The van der Waals surface area contributed by atoms with Gasteiger partial charge < -0.3 is 15.5 Å². The molecule has 3 aromatic heterocycles. The highest BCUT2D eigenvalue weighted by Crippen LogP contribution is 2.36. The fourth-order valence-electron chi connectivity index (χ4n) is 3.57. The Morgan fingerprint density at radius 1 is 1.24 bits per heavy atom. The lowest BCUT2D eigenvalue weighted by Gasteiger charge is -2.17. The van der Waals surface area contributed by atoms with Crippen molar-refractivity contribution >= 4 is 23.2 Å². The SMILES string of the molecule is Cc1cc(-c2c(-c3cccc(C#N)c3)nn3ccc(C(=O)N[C@H](C)[C@H](O)CO)nc23)cc(Cl)n1. The van der Waals surface area contributed by atoms with Crippen LogP contribution in [0.15, 0.2) is 48.7 Å². The first-order valence-corrected chi connectivity index (χ1v) is 10.8. The van der Waals surface area contributed by atoms with Crippen LogP contribution in [0.25, 0.3) is 28.0 Å². The van der Waals surface area contributed by atoms with Crippen molar-refractivity contribution in [3.63, 3.8) is 0 Å². The number of hydrogen-bond acceptors (Lipinski definition) is 7. The summed E-state index contributed by atoms with van der Waals surface area (Å²) in [7, 11) is 0. The minimum Gasteiger partial charge on any atom is -0.394 e. The third-order valence-corrected chi connectivity index (χ3v) is 5.51. The molecule has 3 N–H and O–H groups in total. The molecular formula is C24H21ClN6O3. The number of aliphatic hydroxyl groups is 2. The summed E-state index contributed by atoms with van der Waals surface area (Å²) in [6.45, 7) is 2.93. The monoisotopic (exact) mass is 476 g/mol. The molecule has 0 aliphatic heterocycles. The van der Waals surface area contributed by atoms with E-state index in [0.29, 0.717) is 44.4 Å². The molecule has 0 unspecified atom stereocenters. The summed E-state index contributed by atoms with van der Waals surface area (Å²) in [6.07, 6.45) is 0.514. The lowest BCUT2D eigenvalue weighted by molar-refractivity contribution is 0.0609. The molecule has 3 heterocycles. The topological polar surface area (TPSA) is 136 Å². The van der Waals surface area contributed by atoms with Gasteiger partial charge in [0.2, 0.25) is 0 Å². The third-order valence-electron chi connectivity index (χ3n) is 5.32. The fourth-order valence-corrected chi connectivity index (χ4v) is 3.82. The summed E-state index contributed by atoms with van der Waals surface area (Å²) in [6, 6.07) is 13.5. The normalized spacial score (nSPS) is 12.8. The maximum Gasteiger partial charge on any atom is 0.270 e. The van der Waals surface area contributed by atoms with E-state index in [2.05, 4.69) is 26.5 Å². The number of pyridine rings is 1. The van der Waals surface area contributed by atoms with Crippen LogP contribution in [0.2, 0.25) is 5.15 Å². The summed E-state index contributed by atoms with van der Waals surface area (Å²) >= 11 is 6.24. The number of halogens is 1. The molecule has 2 atom stereocenters. The minimum atomic E-state index is -1.10. The number of nitrogens with one attached hydrogen (secondary N) is 1. The average molecular weight is 477 g/mol. The maximum atomic E-state index is 12.8. The van der Waals surface area contributed by atoms with Crippen LogP contribution in [0.3, 0.4) is 0 Å². The smallest absolute Gasteiger partial charge is 0.270 e. The van der Waals surface area contributed by atoms with Crippen molar-refractivity contribution in [2.24, 2.45) is 0 Å². The van der Waals surface area contributed by atoms with Crippen LogP contribution in [0, 0.1) is 18.3 Å². The van der Waals surface area contributed by atoms with E-state index in [1.54, 1.807) is 41.9 Å². The molecular weight excluding hydrogens is 456 g/mol. The van der Waals surface area contributed by atoms with Gasteiger partial charge in [-0.15, -0.1) is 0 Å². The van der Waals surface area contributed by atoms with Crippen LogP contribution in [0.5, 0.6) is 0 Å². The van der Waals surface area contributed by atoms with Crippen molar-refractivity contribution < 1.29 is 15.0 Å². The first-order chi connectivity index (χ1) is 16.3. The Labute approximate surface area is 200 Å². The molecule has 1 aromatic carbocycles. The number of fused-ring (bicyclic) bond motifs is 1. The number of rotatable bonds is 6. The van der Waals surface area contributed by atoms with Crippen LogP contribution in [0.1, 0.15) is 28.7 Å². The lowest BCUT2D eigenvalue weighted by atomic mass is 10.00. The predicted molar refractivity (Wildman–Crippen MR) is 126 cm³/mol. The van der Waals surface area contributed by atoms with Gasteiger partial charge in [-0.05, 0) is 49.7 Å². The van der Waals surface area contributed by atoms with Gasteiger partial charge >= 0.3 is 0 Å². The van der Waals surface area contributed by atoms with Gasteiger partial charge in [-0.3, -0.25) is 4.79 Å². The molecule has 0 saturated heterocycles. The predicted octanol–water partition coefficient (Wildman–Crippen LogP) is 2.76. The summed E-state index contributed by atoms with van der Waals surface area (Å²) < 4.78 is 1.55. The summed E-state index contributed by atoms with van der Waals surface area (Å²) in [5.74, 6) is -0.508. The quantitative estimate of drug-likeness (QED) is 0.364. The molecule has 0 fully saturated rings. The minimum absolute atomic E-state index is 0.111. The van der Waals surface area contributed by atoms with E-state index in [1.807, 2.05) is 19.1 Å². The molecule has 0 aliphatic carbocycles. The average Bonchev–Trinajstić information content (AvgIpc) is 3.21. The van der Waals surface area contributed by atoms with Crippen LogP contribution < -0.4 is 5.32 Å². The van der Waals surface area contributed by atoms with Gasteiger partial charge in [-0.25, -0.2) is 14.5 Å². The van der Waals surface area contributed by atoms with E-state index in [9.17, 15) is 15.2 Å². The van der Waals surface area contributed by atoms with E-state index in [0.717, 1.165) is 0 Å². The zero-order valence-corrected chi connectivity index (χ0v) is 19.2. The largest absolute Gasteiger partial charge is 0.394 e. The zero-order chi connectivity index (χ0) is 24.4. The molecule has 10 heteroatoms. The Morgan fingerprint density at radius 2 is 2.03 bits per heavy atom. The highest BCUT2D eigenvalue weighted by atomic mass is 35.5. The molecule has 172 valence electrons. The number of aryl methyl sites for hydroxylation is 1. The highest BCUT2D eigenvalue weighted by Gasteiger charge is 2.22. The third kappa shape index (κ3) is 4.61. The number of aromatic nitrogens is 4. The van der Waals surface area contributed by atoms with Crippen LogP contribution in [0.4, 0.5) is 0 Å². The van der Waals surface area contributed by atoms with E-state index in [4.69, 9.17) is 16.7 Å². The highest BCUT2D eigenvalue weighted by molar-refractivity contribution is 6.29. The number of amides is 1. The molecule has 0 radical (unpaired) electrons. The Kier molecular flexibility index (Phi) is 6.56. The van der Waals surface area contributed by atoms with Crippen molar-refractivity contribution in [1.82, 2.24) is 24.9 Å². The number of aliphatic hydroxyl groups excluding tert-OH is 2. The van der Waals surface area contributed by atoms with E-state index < -0.39 is 24.7 Å². The lowest BCUT2D eigenvalue weighted by Crippen LogP contribution is -2.43. The van der Waals surface area contributed by atoms with Gasteiger partial charge in [-0.2, -0.15) is 10.4 Å². The number of carbonyl (C=O) groups is 1. The molecule has 4 aromatic rings. The second kappa shape index (κ2) is 9.57. The second-order valence-corrected chi connectivity index (χ2v) is 8.22. The zero-order valence-electron chi connectivity index (χ0n) is 18.4. The van der Waals surface area contributed by atoms with Crippen molar-refractivity contribution in [2.75, 3.05) is 6.61 Å². The molecule has 34 heavy (non-hydrogen) atoms. The Morgan fingerprint density at radius 3 is 2.74 bits per heavy atom. The molecule has 0 bridgehead atoms. The van der Waals surface area contributed by atoms with Gasteiger partial charge in [0.1, 0.15) is 16.5 Å². The Bertz CT molecular complexity index is 1410. The van der Waals surface area contributed by atoms with Gasteiger partial charge in [-0.1, -0.05) is 23.7 Å². The Balaban J connectivity index is 1.90.